The van der Waals surface area contributed by atoms with Gasteiger partial charge in [-0.05, 0) is 74.5 Å². The minimum Gasteiger partial charge on any atom is -0.473 e. The number of nitrogens with zero attached hydrogens (tertiary/aromatic N) is 6. The highest BCUT2D eigenvalue weighted by molar-refractivity contribution is 7.81. The van der Waals surface area contributed by atoms with Crippen molar-refractivity contribution < 1.29 is 60.1 Å². The third-order valence-electron chi connectivity index (χ3n) is 11.6. The summed E-state index contributed by atoms with van der Waals surface area (Å²) in [6.07, 6.45) is -2.98. The van der Waals surface area contributed by atoms with Crippen molar-refractivity contribution in [2.45, 2.75) is 84.7 Å². The summed E-state index contributed by atoms with van der Waals surface area (Å²) >= 11 is 6.96. The smallest absolute Gasteiger partial charge is 0.420 e. The maximum absolute atomic E-state index is 15.3. The molecule has 0 bridgehead atoms. The van der Waals surface area contributed by atoms with Crippen molar-refractivity contribution in [3.63, 3.8) is 0 Å². The number of thiocarbonyl (C=S) groups is 1. The van der Waals surface area contributed by atoms with E-state index < -0.39 is 80.5 Å². The normalized spacial score (nSPS) is 16.3. The Morgan fingerprint density at radius 2 is 1.65 bits per heavy atom. The number of pyridine rings is 1. The van der Waals surface area contributed by atoms with E-state index in [-0.39, 0.29) is 63.7 Å². The van der Waals surface area contributed by atoms with Crippen LogP contribution in [-0.2, 0) is 46.1 Å². The Balaban J connectivity index is 0.878. The van der Waals surface area contributed by atoms with E-state index in [0.29, 0.717) is 30.8 Å². The number of benzene rings is 2. The fourth-order valence-electron chi connectivity index (χ4n) is 7.97. The van der Waals surface area contributed by atoms with E-state index in [0.717, 1.165) is 51.0 Å². The average molecular weight is 1030 g/mol. The van der Waals surface area contributed by atoms with Crippen LogP contribution in [0.5, 0.6) is 5.88 Å². The Bertz CT molecular complexity index is 2660. The number of aryl methyl sites for hydroxylation is 1. The van der Waals surface area contributed by atoms with E-state index in [1.165, 1.54) is 19.9 Å². The molecule has 4 heterocycles. The summed E-state index contributed by atoms with van der Waals surface area (Å²) in [5.74, 6) is -5.29. The van der Waals surface area contributed by atoms with Gasteiger partial charge in [-0.2, -0.15) is 18.4 Å². The van der Waals surface area contributed by atoms with Gasteiger partial charge in [-0.1, -0.05) is 45.0 Å². The molecular weight excluding hydrogens is 976 g/mol. The zero-order chi connectivity index (χ0) is 51.8. The molecule has 6 rings (SSSR count). The van der Waals surface area contributed by atoms with Gasteiger partial charge in [-0.25, -0.2) is 18.7 Å². The highest BCUT2D eigenvalue weighted by Gasteiger charge is 2.52. The van der Waals surface area contributed by atoms with Crippen molar-refractivity contribution in [2.24, 2.45) is 5.41 Å². The van der Waals surface area contributed by atoms with Gasteiger partial charge in [0, 0.05) is 19.2 Å². The molecular formula is C48H53F5N8O8S2. The summed E-state index contributed by atoms with van der Waals surface area (Å²) in [5, 5.41) is 14.4. The lowest BCUT2D eigenvalue weighted by molar-refractivity contribution is -0.144. The van der Waals surface area contributed by atoms with Gasteiger partial charge >= 0.3 is 6.18 Å². The predicted octanol–water partition coefficient (Wildman–Crippen LogP) is 6.87. The molecule has 2 aromatic carbocycles. The van der Waals surface area contributed by atoms with Gasteiger partial charge in [0.1, 0.15) is 36.4 Å². The Labute approximate surface area is 416 Å². The van der Waals surface area contributed by atoms with E-state index in [4.69, 9.17) is 36.4 Å². The Hall–Kier alpha value is -6.19. The number of carbonyl (C=O) groups excluding carboxylic acids is 4. The topological polar surface area (TPSA) is 189 Å². The number of thiazole rings is 1. The van der Waals surface area contributed by atoms with Crippen LogP contribution in [0.25, 0.3) is 10.4 Å². The molecule has 2 saturated heterocycles. The monoisotopic (exact) mass is 1030 g/mol. The van der Waals surface area contributed by atoms with Crippen LogP contribution in [0.1, 0.15) is 69.8 Å². The molecule has 0 saturated carbocycles. The molecule has 0 unspecified atom stereocenters. The van der Waals surface area contributed by atoms with Crippen molar-refractivity contribution >= 4 is 63.7 Å². The van der Waals surface area contributed by atoms with Gasteiger partial charge in [0.15, 0.2) is 16.7 Å². The quantitative estimate of drug-likeness (QED) is 0.0531. The number of hydrogen-bond donors (Lipinski definition) is 2. The number of halogens is 5. The lowest BCUT2D eigenvalue weighted by Crippen LogP contribution is -2.58. The van der Waals surface area contributed by atoms with Gasteiger partial charge in [0.05, 0.1) is 78.3 Å². The zero-order valence-corrected chi connectivity index (χ0v) is 41.4. The maximum atomic E-state index is 15.3. The summed E-state index contributed by atoms with van der Waals surface area (Å²) in [6.45, 7) is 10.8. The fourth-order valence-corrected chi connectivity index (χ4v) is 9.30. The number of aromatic nitrogens is 2. The molecule has 16 nitrogen and oxygen atoms in total. The van der Waals surface area contributed by atoms with Crippen LogP contribution in [0.2, 0.25) is 0 Å². The molecule has 23 heteroatoms. The van der Waals surface area contributed by atoms with E-state index in [1.807, 2.05) is 52.0 Å². The minimum atomic E-state index is -5.25. The number of nitriles is 1. The molecule has 2 N–H and O–H groups in total. The van der Waals surface area contributed by atoms with Crippen molar-refractivity contribution in [3.8, 4) is 22.4 Å². The lowest BCUT2D eigenvalue weighted by Gasteiger charge is -2.35. The Morgan fingerprint density at radius 1 is 0.986 bits per heavy atom. The lowest BCUT2D eigenvalue weighted by atomic mass is 9.85. The number of nitrogens with one attached hydrogen (secondary N) is 2. The standard InChI is InChI=1S/C48H53F5N8O8S2/c1-28-39(71-27-57-28)30-11-9-29(10-12-30)24-55-41(63)35-8-7-15-59(35)43(64)40(46(2,3)4)58-36(62)26-68-19-18-66-16-17-67-20-21-69-42-33(49)22-32(25-56-42)61-45(70)60(44(65)47(61,5)6)34-14-13-31(23-54)37(38(34)50)48(51,52)53/h9-14,22,25,27,35,40H,7-8,15-21,24,26H2,1-6H3,(H,55,63)(H,58,62)/t35-,40+/m0/s1. The van der Waals surface area contributed by atoms with Gasteiger partial charge in [-0.3, -0.25) is 24.1 Å². The summed E-state index contributed by atoms with van der Waals surface area (Å²) in [6, 6.07) is 10.1. The highest BCUT2D eigenvalue weighted by Crippen LogP contribution is 2.42. The summed E-state index contributed by atoms with van der Waals surface area (Å²) in [7, 11) is 0. The first-order chi connectivity index (χ1) is 33.6. The molecule has 2 fully saturated rings. The molecule has 2 atom stereocenters. The molecule has 0 aliphatic carbocycles. The number of alkyl halides is 3. The van der Waals surface area contributed by atoms with Crippen LogP contribution in [0.4, 0.5) is 33.3 Å². The number of anilines is 2. The zero-order valence-electron chi connectivity index (χ0n) is 39.8. The van der Waals surface area contributed by atoms with Crippen LogP contribution < -0.4 is 25.2 Å². The van der Waals surface area contributed by atoms with Crippen LogP contribution in [0.15, 0.2) is 54.2 Å². The molecule has 4 amide bonds. The number of rotatable bonds is 20. The third-order valence-corrected chi connectivity index (χ3v) is 13.0. The summed E-state index contributed by atoms with van der Waals surface area (Å²) in [5.41, 5.74) is -1.31. The van der Waals surface area contributed by atoms with Crippen LogP contribution in [0, 0.1) is 35.3 Å². The van der Waals surface area contributed by atoms with Crippen LogP contribution in [-0.4, -0.2) is 114 Å². The van der Waals surface area contributed by atoms with Crippen LogP contribution >= 0.6 is 23.6 Å². The van der Waals surface area contributed by atoms with E-state index in [2.05, 4.69) is 20.6 Å². The van der Waals surface area contributed by atoms with E-state index >= 15 is 8.78 Å². The first-order valence-corrected chi connectivity index (χ1v) is 23.7. The molecule has 2 aromatic heterocycles. The van der Waals surface area contributed by atoms with Crippen molar-refractivity contribution in [2.75, 3.05) is 62.6 Å². The van der Waals surface area contributed by atoms with Crippen molar-refractivity contribution in [3.05, 3.63) is 88.2 Å². The summed E-state index contributed by atoms with van der Waals surface area (Å²) in [4.78, 5) is 66.3. The van der Waals surface area contributed by atoms with E-state index in [9.17, 15) is 32.3 Å². The second kappa shape index (κ2) is 22.9. The SMILES string of the molecule is Cc1ncsc1-c1ccc(CNC(=O)[C@@H]2CCCN2C(=O)[C@@H](NC(=O)COCCOCCOCCOc2ncc(N3C(=S)N(c4ccc(C#N)c(C(F)(F)F)c4F)C(=O)C3(C)C)cc2F)C(C)(C)C)cc1. The van der Waals surface area contributed by atoms with Gasteiger partial charge in [-0.15, -0.1) is 11.3 Å². The second-order valence-corrected chi connectivity index (χ2v) is 19.3. The van der Waals surface area contributed by atoms with Crippen LogP contribution in [0.3, 0.4) is 0 Å². The molecule has 71 heavy (non-hydrogen) atoms. The van der Waals surface area contributed by atoms with Gasteiger partial charge in [0.25, 0.3) is 11.8 Å². The van der Waals surface area contributed by atoms with Crippen molar-refractivity contribution in [1.29, 1.82) is 5.26 Å². The van der Waals surface area contributed by atoms with Gasteiger partial charge in [0.2, 0.25) is 17.7 Å². The molecule has 0 radical (unpaired) electrons. The Kier molecular flexibility index (Phi) is 17.5. The average Bonchev–Trinajstić information content (AvgIpc) is 4.02. The first-order valence-electron chi connectivity index (χ1n) is 22.4. The maximum Gasteiger partial charge on any atom is 0.420 e. The number of carbonyl (C=O) groups is 4. The molecule has 2 aliphatic heterocycles. The highest BCUT2D eigenvalue weighted by atomic mass is 32.1. The minimum absolute atomic E-state index is 0.00530. The summed E-state index contributed by atoms with van der Waals surface area (Å²) < 4.78 is 93.5. The molecule has 0 spiro atoms. The first kappa shape index (κ1) is 54.1. The number of amides is 4. The molecule has 380 valence electrons. The third kappa shape index (κ3) is 12.7. The number of likely N-dealkylation sites (tertiary alicyclic amines) is 1. The second-order valence-electron chi connectivity index (χ2n) is 18.1. The molecule has 2 aliphatic rings. The van der Waals surface area contributed by atoms with E-state index in [1.54, 1.807) is 21.7 Å². The largest absolute Gasteiger partial charge is 0.473 e. The van der Waals surface area contributed by atoms with Crippen molar-refractivity contribution in [1.82, 2.24) is 25.5 Å². The number of ether oxygens (including phenoxy) is 4. The predicted molar refractivity (Wildman–Crippen MR) is 255 cm³/mol. The Morgan fingerprint density at radius 3 is 2.25 bits per heavy atom. The van der Waals surface area contributed by atoms with Gasteiger partial charge < -0.3 is 39.4 Å². The molecule has 4 aromatic rings. The fraction of sp³-hybridized carbons (Fsp3) is 0.458. The number of hydrogen-bond acceptors (Lipinski definition) is 13.